The molecule has 21 heavy (non-hydrogen) atoms. The zero-order chi connectivity index (χ0) is 15.8. The third kappa shape index (κ3) is 3.36. The van der Waals surface area contributed by atoms with E-state index in [-0.39, 0.29) is 23.4 Å². The molecule has 7 nitrogen and oxygen atoms in total. The number of aryl methyl sites for hydroxylation is 1. The molecule has 1 atom stereocenters. The molecule has 8 heteroatoms. The number of morpholine rings is 1. The van der Waals surface area contributed by atoms with Crippen LogP contribution in [0.4, 0.5) is 5.69 Å². The number of rotatable bonds is 3. The Morgan fingerprint density at radius 1 is 1.62 bits per heavy atom. The molecule has 1 aliphatic rings. The predicted molar refractivity (Wildman–Crippen MR) is 77.6 cm³/mol. The maximum Gasteiger partial charge on any atom is 0.287 e. The standard InChI is InChI=1S/C13H18ClN3O4/c1-13(2)8-16(7-10(5-14)21-13)12(18)11-4-9(17(19)20)6-15(11)3/h4,6,10H,5,7-8H2,1-3H3. The lowest BCUT2D eigenvalue weighted by atomic mass is 10.1. The molecule has 116 valence electrons. The van der Waals surface area contributed by atoms with Gasteiger partial charge in [0.05, 0.1) is 28.7 Å². The zero-order valence-electron chi connectivity index (χ0n) is 12.2. The van der Waals surface area contributed by atoms with E-state index in [1.165, 1.54) is 16.8 Å². The van der Waals surface area contributed by atoms with Gasteiger partial charge in [0.2, 0.25) is 0 Å². The summed E-state index contributed by atoms with van der Waals surface area (Å²) < 4.78 is 7.24. The molecule has 1 aromatic rings. The summed E-state index contributed by atoms with van der Waals surface area (Å²) in [4.78, 5) is 24.5. The number of hydrogen-bond donors (Lipinski definition) is 0. The topological polar surface area (TPSA) is 77.6 Å². The highest BCUT2D eigenvalue weighted by Crippen LogP contribution is 2.24. The van der Waals surface area contributed by atoms with E-state index in [1.807, 2.05) is 13.8 Å². The fourth-order valence-electron chi connectivity index (χ4n) is 2.55. The summed E-state index contributed by atoms with van der Waals surface area (Å²) >= 11 is 5.84. The monoisotopic (exact) mass is 315 g/mol. The van der Waals surface area contributed by atoms with Gasteiger partial charge in [-0.1, -0.05) is 0 Å². The van der Waals surface area contributed by atoms with Gasteiger partial charge in [-0.15, -0.1) is 11.6 Å². The van der Waals surface area contributed by atoms with Crippen LogP contribution in [0.5, 0.6) is 0 Å². The van der Waals surface area contributed by atoms with Crippen molar-refractivity contribution in [1.29, 1.82) is 0 Å². The van der Waals surface area contributed by atoms with Gasteiger partial charge < -0.3 is 14.2 Å². The molecule has 2 heterocycles. The van der Waals surface area contributed by atoms with Crippen LogP contribution < -0.4 is 0 Å². The Balaban J connectivity index is 2.24. The Morgan fingerprint density at radius 2 is 2.29 bits per heavy atom. The van der Waals surface area contributed by atoms with Crippen molar-refractivity contribution in [3.63, 3.8) is 0 Å². The van der Waals surface area contributed by atoms with Gasteiger partial charge in [0.15, 0.2) is 0 Å². The van der Waals surface area contributed by atoms with Crippen LogP contribution in [0.15, 0.2) is 12.3 Å². The molecule has 1 aliphatic heterocycles. The molecule has 0 aromatic carbocycles. The number of aromatic nitrogens is 1. The molecule has 0 saturated carbocycles. The van der Waals surface area contributed by atoms with Crippen LogP contribution in [0.2, 0.25) is 0 Å². The number of amides is 1. The minimum atomic E-state index is -0.512. The van der Waals surface area contributed by atoms with Gasteiger partial charge in [0.25, 0.3) is 11.6 Å². The van der Waals surface area contributed by atoms with Gasteiger partial charge in [-0.3, -0.25) is 14.9 Å². The highest BCUT2D eigenvalue weighted by atomic mass is 35.5. The summed E-state index contributed by atoms with van der Waals surface area (Å²) in [5.41, 5.74) is -0.306. The van der Waals surface area contributed by atoms with Gasteiger partial charge in [0, 0.05) is 26.2 Å². The third-order valence-corrected chi connectivity index (χ3v) is 3.71. The zero-order valence-corrected chi connectivity index (χ0v) is 13.0. The summed E-state index contributed by atoms with van der Waals surface area (Å²) in [6.07, 6.45) is 1.09. The Bertz CT molecular complexity index is 570. The fraction of sp³-hybridized carbons (Fsp3) is 0.615. The lowest BCUT2D eigenvalue weighted by Crippen LogP contribution is -2.55. The second-order valence-corrected chi connectivity index (χ2v) is 6.10. The number of nitro groups is 1. The van der Waals surface area contributed by atoms with Crippen molar-refractivity contribution in [3.8, 4) is 0 Å². The van der Waals surface area contributed by atoms with E-state index in [9.17, 15) is 14.9 Å². The minimum Gasteiger partial charge on any atom is -0.367 e. The molecule has 1 amide bonds. The van der Waals surface area contributed by atoms with Gasteiger partial charge in [-0.25, -0.2) is 0 Å². The molecule has 1 unspecified atom stereocenters. The lowest BCUT2D eigenvalue weighted by molar-refractivity contribution is -0.384. The maximum absolute atomic E-state index is 12.6. The average Bonchev–Trinajstić information content (AvgIpc) is 2.78. The van der Waals surface area contributed by atoms with E-state index in [0.717, 1.165) is 0 Å². The molecule has 0 N–H and O–H groups in total. The average molecular weight is 316 g/mol. The summed E-state index contributed by atoms with van der Waals surface area (Å²) in [6.45, 7) is 4.57. The Hall–Kier alpha value is -1.60. The number of halogens is 1. The molecule has 2 rings (SSSR count). The van der Waals surface area contributed by atoms with Gasteiger partial charge in [0.1, 0.15) is 5.69 Å². The van der Waals surface area contributed by atoms with Crippen LogP contribution in [0.3, 0.4) is 0 Å². The van der Waals surface area contributed by atoms with Crippen molar-refractivity contribution in [3.05, 3.63) is 28.1 Å². The van der Waals surface area contributed by atoms with E-state index in [4.69, 9.17) is 16.3 Å². The SMILES string of the molecule is Cn1cc([N+](=O)[O-])cc1C(=O)N1CC(CCl)OC(C)(C)C1. The van der Waals surface area contributed by atoms with Crippen LogP contribution in [0.25, 0.3) is 0 Å². The fourth-order valence-corrected chi connectivity index (χ4v) is 2.71. The number of carbonyl (C=O) groups excluding carboxylic acids is 1. The highest BCUT2D eigenvalue weighted by Gasteiger charge is 2.36. The predicted octanol–water partition coefficient (Wildman–Crippen LogP) is 1.79. The van der Waals surface area contributed by atoms with Crippen molar-refractivity contribution in [2.75, 3.05) is 19.0 Å². The first-order valence-corrected chi connectivity index (χ1v) is 7.11. The third-order valence-electron chi connectivity index (χ3n) is 3.36. The Kier molecular flexibility index (Phi) is 4.25. The Labute approximate surface area is 127 Å². The van der Waals surface area contributed by atoms with Crippen LogP contribution in [0.1, 0.15) is 24.3 Å². The van der Waals surface area contributed by atoms with Gasteiger partial charge >= 0.3 is 0 Å². The van der Waals surface area contributed by atoms with Crippen molar-refractivity contribution < 1.29 is 14.5 Å². The van der Waals surface area contributed by atoms with E-state index >= 15 is 0 Å². The highest BCUT2D eigenvalue weighted by molar-refractivity contribution is 6.18. The number of alkyl halides is 1. The van der Waals surface area contributed by atoms with Crippen LogP contribution in [0, 0.1) is 10.1 Å². The molecule has 1 aromatic heterocycles. The van der Waals surface area contributed by atoms with E-state index in [0.29, 0.717) is 19.0 Å². The lowest BCUT2D eigenvalue weighted by Gasteiger charge is -2.42. The van der Waals surface area contributed by atoms with E-state index in [2.05, 4.69) is 0 Å². The van der Waals surface area contributed by atoms with E-state index in [1.54, 1.807) is 11.9 Å². The first-order valence-electron chi connectivity index (χ1n) is 6.57. The molecule has 1 fully saturated rings. The number of ether oxygens (including phenoxy) is 1. The summed E-state index contributed by atoms with van der Waals surface area (Å²) in [6, 6.07) is 1.29. The maximum atomic E-state index is 12.6. The molecule has 0 radical (unpaired) electrons. The molecule has 0 bridgehead atoms. The molecule has 1 saturated heterocycles. The summed E-state index contributed by atoms with van der Waals surface area (Å²) in [7, 11) is 1.62. The van der Waals surface area contributed by atoms with Crippen molar-refractivity contribution in [1.82, 2.24) is 9.47 Å². The normalized spacial score (nSPS) is 21.3. The van der Waals surface area contributed by atoms with Crippen molar-refractivity contribution in [2.45, 2.75) is 25.6 Å². The number of hydrogen-bond acceptors (Lipinski definition) is 4. The first-order chi connectivity index (χ1) is 9.73. The van der Waals surface area contributed by atoms with Crippen molar-refractivity contribution in [2.24, 2.45) is 7.05 Å². The summed E-state index contributed by atoms with van der Waals surface area (Å²) in [5.74, 6) is 0.0395. The van der Waals surface area contributed by atoms with Crippen molar-refractivity contribution >= 4 is 23.2 Å². The van der Waals surface area contributed by atoms with E-state index < -0.39 is 10.5 Å². The minimum absolute atomic E-state index is 0.0951. The second-order valence-electron chi connectivity index (χ2n) is 5.79. The van der Waals surface area contributed by atoms with Crippen LogP contribution in [-0.4, -0.2) is 51.0 Å². The van der Waals surface area contributed by atoms with Gasteiger partial charge in [-0.2, -0.15) is 0 Å². The second kappa shape index (κ2) is 5.65. The molecule has 0 spiro atoms. The number of carbonyl (C=O) groups is 1. The van der Waals surface area contributed by atoms with Gasteiger partial charge in [-0.05, 0) is 13.8 Å². The largest absolute Gasteiger partial charge is 0.367 e. The number of nitrogens with zero attached hydrogens (tertiary/aromatic N) is 3. The smallest absolute Gasteiger partial charge is 0.287 e. The Morgan fingerprint density at radius 3 is 2.81 bits per heavy atom. The summed E-state index contributed by atoms with van der Waals surface area (Å²) in [5, 5.41) is 10.8. The van der Waals surface area contributed by atoms with Crippen LogP contribution in [-0.2, 0) is 11.8 Å². The molecular weight excluding hydrogens is 298 g/mol. The first kappa shape index (κ1) is 15.8. The van der Waals surface area contributed by atoms with Crippen LogP contribution >= 0.6 is 11.6 Å². The molecular formula is C13H18ClN3O4. The molecule has 0 aliphatic carbocycles. The quantitative estimate of drug-likeness (QED) is 0.484.